The zero-order chi connectivity index (χ0) is 15.6. The molecule has 6 nitrogen and oxygen atoms in total. The number of nitrogen functional groups attached to an aromatic ring is 1. The van der Waals surface area contributed by atoms with Crippen LogP contribution in [0.25, 0.3) is 0 Å². The molecule has 1 rings (SSSR count). The van der Waals surface area contributed by atoms with E-state index in [1.165, 1.54) is 0 Å². The van der Waals surface area contributed by atoms with Crippen molar-refractivity contribution < 1.29 is 14.0 Å². The average Bonchev–Trinajstić information content (AvgIpc) is 2.67. The Hall–Kier alpha value is -1.34. The Bertz CT molecular complexity index is 478. The zero-order valence-corrected chi connectivity index (χ0v) is 14.2. The fourth-order valence-electron chi connectivity index (χ4n) is 1.40. The third-order valence-electron chi connectivity index (χ3n) is 3.73. The van der Waals surface area contributed by atoms with E-state index in [0.29, 0.717) is 18.8 Å². The predicted molar refractivity (Wildman–Crippen MR) is 80.3 cm³/mol. The van der Waals surface area contributed by atoms with Crippen LogP contribution in [0.4, 0.5) is 0 Å². The summed E-state index contributed by atoms with van der Waals surface area (Å²) in [7, 11) is -1.88. The normalized spacial score (nSPS) is 12.5. The van der Waals surface area contributed by atoms with Gasteiger partial charge in [-0.05, 0) is 15.2 Å². The number of nitrogens with two attached hydrogens (primary N) is 1. The fraction of sp³-hybridized carbons (Fsp3) is 0.692. The molecule has 0 saturated heterocycles. The van der Waals surface area contributed by atoms with Gasteiger partial charge in [0, 0.05) is 12.2 Å². The Balaban J connectivity index is 2.87. The Labute approximate surface area is 121 Å². The maximum atomic E-state index is 11.9. The second-order valence-corrected chi connectivity index (χ2v) is 11.0. The molecule has 1 aromatic heterocycles. The van der Waals surface area contributed by atoms with Gasteiger partial charge in [-0.25, -0.2) is 4.79 Å². The lowest BCUT2D eigenvalue weighted by Crippen LogP contribution is -2.40. The molecule has 1 aromatic rings. The first-order valence-corrected chi connectivity index (χ1v) is 9.64. The number of ether oxygens (including phenoxy) is 1. The van der Waals surface area contributed by atoms with E-state index in [4.69, 9.17) is 15.0 Å². The third kappa shape index (κ3) is 3.60. The van der Waals surface area contributed by atoms with Crippen LogP contribution in [-0.2, 0) is 15.8 Å². The Morgan fingerprint density at radius 3 is 2.55 bits per heavy atom. The molecule has 0 aliphatic carbocycles. The van der Waals surface area contributed by atoms with Crippen molar-refractivity contribution in [1.29, 1.82) is 0 Å². The van der Waals surface area contributed by atoms with E-state index < -0.39 is 14.3 Å². The maximum Gasteiger partial charge on any atom is 0.359 e. The van der Waals surface area contributed by atoms with Crippen LogP contribution in [0.2, 0.25) is 18.1 Å². The molecule has 115 valence electrons. The van der Waals surface area contributed by atoms with E-state index in [-0.39, 0.29) is 10.7 Å². The Morgan fingerprint density at radius 2 is 2.05 bits per heavy atom. The smallest absolute Gasteiger partial charge is 0.359 e. The molecule has 0 radical (unpaired) electrons. The van der Waals surface area contributed by atoms with E-state index in [2.05, 4.69) is 39.0 Å². The molecule has 0 atom stereocenters. The van der Waals surface area contributed by atoms with E-state index in [1.807, 2.05) is 0 Å². The number of nitrogens with zero attached hydrogens (tertiary/aromatic N) is 2. The van der Waals surface area contributed by atoms with Crippen molar-refractivity contribution in [2.24, 2.45) is 0 Å². The number of esters is 1. The Morgan fingerprint density at radius 1 is 1.45 bits per heavy atom. The first-order valence-electron chi connectivity index (χ1n) is 6.73. The largest absolute Gasteiger partial charge is 0.561 e. The van der Waals surface area contributed by atoms with Crippen LogP contribution in [0.3, 0.4) is 0 Å². The highest BCUT2D eigenvalue weighted by Gasteiger charge is 2.26. The fourth-order valence-corrected chi connectivity index (χ4v) is 2.35. The molecule has 2 N–H and O–H groups in total. The summed E-state index contributed by atoms with van der Waals surface area (Å²) >= 11 is 0. The molecule has 0 aromatic carbocycles. The minimum absolute atomic E-state index is 0.107. The van der Waals surface area contributed by atoms with Crippen LogP contribution >= 0.6 is 0 Å². The lowest BCUT2D eigenvalue weighted by Gasteiger charge is -2.48. The summed E-state index contributed by atoms with van der Waals surface area (Å²) in [6, 6.07) is 0. The molecule has 0 unspecified atom stereocenters. The summed E-state index contributed by atoms with van der Waals surface area (Å²) < 4.78 is 11.1. The van der Waals surface area contributed by atoms with Crippen molar-refractivity contribution in [3.63, 3.8) is 0 Å². The van der Waals surface area contributed by atoms with Gasteiger partial charge in [0.25, 0.3) is 0 Å². The van der Waals surface area contributed by atoms with E-state index in [9.17, 15) is 4.79 Å². The number of rotatable bonds is 5. The lowest BCUT2D eigenvalue weighted by atomic mass is 10.2. The van der Waals surface area contributed by atoms with Gasteiger partial charge < -0.3 is 15.0 Å². The third-order valence-corrected chi connectivity index (χ3v) is 8.21. The molecule has 0 fully saturated rings. The molecule has 20 heavy (non-hydrogen) atoms. The SMILES string of the molecule is CCOC(=O)c1c(CO[Si-](C)(C)C(C)(C)C)cnn1N. The van der Waals surface area contributed by atoms with Gasteiger partial charge in [0.1, 0.15) is 0 Å². The van der Waals surface area contributed by atoms with Crippen LogP contribution in [0.15, 0.2) is 6.20 Å². The van der Waals surface area contributed by atoms with Gasteiger partial charge >= 0.3 is 5.97 Å². The van der Waals surface area contributed by atoms with Gasteiger partial charge in [0.05, 0.1) is 12.8 Å². The highest BCUT2D eigenvalue weighted by molar-refractivity contribution is 6.74. The van der Waals surface area contributed by atoms with Crippen molar-refractivity contribution in [3.05, 3.63) is 17.5 Å². The first kappa shape index (κ1) is 16.7. The van der Waals surface area contributed by atoms with E-state index in [1.54, 1.807) is 13.1 Å². The molecule has 0 amide bonds. The summed E-state index contributed by atoms with van der Waals surface area (Å²) in [5.74, 6) is 5.19. The quantitative estimate of drug-likeness (QED) is 0.512. The molecular formula is C13H25N3O3Si-. The summed E-state index contributed by atoms with van der Waals surface area (Å²) in [5.41, 5.74) is 0.918. The molecule has 7 heteroatoms. The van der Waals surface area contributed by atoms with Gasteiger partial charge in [0.2, 0.25) is 0 Å². The first-order chi connectivity index (χ1) is 9.10. The number of aromatic nitrogens is 2. The maximum absolute atomic E-state index is 11.9. The average molecular weight is 299 g/mol. The van der Waals surface area contributed by atoms with Crippen LogP contribution in [0.5, 0.6) is 0 Å². The second-order valence-electron chi connectivity index (χ2n) is 6.23. The van der Waals surface area contributed by atoms with Crippen LogP contribution in [-0.4, -0.2) is 30.8 Å². The second kappa shape index (κ2) is 5.97. The van der Waals surface area contributed by atoms with Crippen molar-refractivity contribution in [3.8, 4) is 0 Å². The van der Waals surface area contributed by atoms with Crippen molar-refractivity contribution >= 4 is 14.3 Å². The van der Waals surface area contributed by atoms with Crippen LogP contribution in [0.1, 0.15) is 43.7 Å². The monoisotopic (exact) mass is 299 g/mol. The van der Waals surface area contributed by atoms with E-state index >= 15 is 0 Å². The molecule has 0 aliphatic heterocycles. The molecule has 0 bridgehead atoms. The topological polar surface area (TPSA) is 79.4 Å². The zero-order valence-electron chi connectivity index (χ0n) is 13.2. The standard InChI is InChI=1S/C13H25N3O3Si/c1-7-18-12(17)11-10(8-15-16(11)14)9-19-20(5,6)13(2,3)4/h8H,7,9,14H2,1-6H3/q-1. The molecule has 1 heterocycles. The van der Waals surface area contributed by atoms with Crippen LogP contribution < -0.4 is 5.84 Å². The molecule has 0 aliphatic rings. The van der Waals surface area contributed by atoms with E-state index in [0.717, 1.165) is 4.79 Å². The highest BCUT2D eigenvalue weighted by Crippen LogP contribution is 2.37. The van der Waals surface area contributed by atoms with Crippen molar-refractivity contribution in [2.45, 2.75) is 52.4 Å². The van der Waals surface area contributed by atoms with Gasteiger partial charge in [-0.2, -0.15) is 9.89 Å². The molecular weight excluding hydrogens is 274 g/mol. The van der Waals surface area contributed by atoms with Gasteiger partial charge in [-0.15, -0.1) is 18.1 Å². The Kier molecular flexibility index (Phi) is 4.98. The summed E-state index contributed by atoms with van der Waals surface area (Å²) in [4.78, 5) is 12.9. The minimum Gasteiger partial charge on any atom is -0.561 e. The van der Waals surface area contributed by atoms with Crippen molar-refractivity contribution in [2.75, 3.05) is 12.4 Å². The van der Waals surface area contributed by atoms with Gasteiger partial charge in [0.15, 0.2) is 5.69 Å². The summed E-state index contributed by atoms with van der Waals surface area (Å²) in [6.45, 7) is 13.2. The van der Waals surface area contributed by atoms with Gasteiger partial charge in [-0.1, -0.05) is 20.8 Å². The minimum atomic E-state index is -1.88. The summed E-state index contributed by atoms with van der Waals surface area (Å²) in [6.07, 6.45) is 1.55. The number of hydrogen-bond acceptors (Lipinski definition) is 5. The van der Waals surface area contributed by atoms with Gasteiger partial charge in [-0.3, -0.25) is 0 Å². The number of carbonyl (C=O) groups excluding carboxylic acids is 1. The predicted octanol–water partition coefficient (Wildman–Crippen LogP) is 2.30. The van der Waals surface area contributed by atoms with Crippen LogP contribution in [0, 0.1) is 0 Å². The number of hydrogen-bond donors (Lipinski definition) is 1. The lowest BCUT2D eigenvalue weighted by molar-refractivity contribution is 0.0511. The van der Waals surface area contributed by atoms with Crippen molar-refractivity contribution in [1.82, 2.24) is 9.89 Å². The summed E-state index contributed by atoms with van der Waals surface area (Å²) in [5, 5.41) is 4.02. The molecule has 0 saturated carbocycles. The molecule has 0 spiro atoms. The number of carbonyl (C=O) groups is 1. The highest BCUT2D eigenvalue weighted by atomic mass is 28.4.